The second-order valence-electron chi connectivity index (χ2n) is 6.15. The normalized spacial score (nSPS) is 11.6. The van der Waals surface area contributed by atoms with Crippen molar-refractivity contribution in [2.75, 3.05) is 13.2 Å². The van der Waals surface area contributed by atoms with Gasteiger partial charge in [-0.15, -0.1) is 0 Å². The summed E-state index contributed by atoms with van der Waals surface area (Å²) in [5, 5.41) is 23.4. The number of carbonyl (C=O) groups excluding carboxylic acids is 1. The van der Waals surface area contributed by atoms with E-state index < -0.39 is 11.0 Å². The molecule has 2 rings (SSSR count). The third-order valence-electron chi connectivity index (χ3n) is 4.08. The molecule has 0 radical (unpaired) electrons. The maximum Gasteiger partial charge on any atom is 0.269 e. The van der Waals surface area contributed by atoms with E-state index in [1.165, 1.54) is 24.3 Å². The van der Waals surface area contributed by atoms with E-state index >= 15 is 0 Å². The number of unbranched alkanes of at least 4 members (excludes halogenated alkanes) is 2. The molecule has 1 atom stereocenters. The molecule has 7 heteroatoms. The second-order valence-corrected chi connectivity index (χ2v) is 6.15. The third kappa shape index (κ3) is 6.38. The Morgan fingerprint density at radius 2 is 1.81 bits per heavy atom. The lowest BCUT2D eigenvalue weighted by molar-refractivity contribution is -0.384. The highest BCUT2D eigenvalue weighted by molar-refractivity contribution is 5.94. The van der Waals surface area contributed by atoms with Crippen LogP contribution >= 0.6 is 0 Å². The van der Waals surface area contributed by atoms with Crippen molar-refractivity contribution in [1.29, 1.82) is 0 Å². The van der Waals surface area contributed by atoms with E-state index in [-0.39, 0.29) is 18.1 Å². The number of hydrogen-bond acceptors (Lipinski definition) is 5. The Balaban J connectivity index is 1.83. The van der Waals surface area contributed by atoms with Crippen LogP contribution in [0.3, 0.4) is 0 Å². The predicted molar refractivity (Wildman–Crippen MR) is 102 cm³/mol. The standard InChI is InChI=1S/C20H24N2O5/c1-2-3-4-13-27-18-11-7-16(8-12-18)20(24)21-14-19(23)15-5-9-17(10-6-15)22(25)26/h5-12,19,23H,2-4,13-14H2,1H3,(H,21,24). The van der Waals surface area contributed by atoms with Gasteiger partial charge in [-0.3, -0.25) is 14.9 Å². The van der Waals surface area contributed by atoms with Gasteiger partial charge in [0.15, 0.2) is 0 Å². The number of hydrogen-bond donors (Lipinski definition) is 2. The smallest absolute Gasteiger partial charge is 0.269 e. The van der Waals surface area contributed by atoms with Crippen molar-refractivity contribution in [3.05, 3.63) is 69.8 Å². The van der Waals surface area contributed by atoms with Crippen LogP contribution in [0, 0.1) is 10.1 Å². The molecule has 1 amide bonds. The van der Waals surface area contributed by atoms with Gasteiger partial charge in [0.25, 0.3) is 11.6 Å². The van der Waals surface area contributed by atoms with Crippen molar-refractivity contribution in [3.63, 3.8) is 0 Å². The van der Waals surface area contributed by atoms with Gasteiger partial charge in [0.1, 0.15) is 5.75 Å². The molecule has 0 heterocycles. The number of amides is 1. The van der Waals surface area contributed by atoms with Crippen LogP contribution in [0.15, 0.2) is 48.5 Å². The highest BCUT2D eigenvalue weighted by Gasteiger charge is 2.13. The summed E-state index contributed by atoms with van der Waals surface area (Å²) in [5.41, 5.74) is 0.913. The number of nitro groups is 1. The fourth-order valence-electron chi connectivity index (χ4n) is 2.47. The Bertz CT molecular complexity index is 744. The van der Waals surface area contributed by atoms with Gasteiger partial charge < -0.3 is 15.2 Å². The molecule has 0 fully saturated rings. The highest BCUT2D eigenvalue weighted by Crippen LogP contribution is 2.18. The lowest BCUT2D eigenvalue weighted by Gasteiger charge is -2.12. The van der Waals surface area contributed by atoms with Crippen LogP contribution in [0.2, 0.25) is 0 Å². The van der Waals surface area contributed by atoms with Crippen LogP contribution in [0.5, 0.6) is 5.75 Å². The van der Waals surface area contributed by atoms with Gasteiger partial charge in [-0.25, -0.2) is 0 Å². The van der Waals surface area contributed by atoms with E-state index in [9.17, 15) is 20.0 Å². The number of carbonyl (C=O) groups is 1. The van der Waals surface area contributed by atoms with E-state index in [0.717, 1.165) is 19.3 Å². The van der Waals surface area contributed by atoms with E-state index in [1.807, 2.05) is 0 Å². The molecule has 2 aromatic rings. The molecule has 0 saturated carbocycles. The van der Waals surface area contributed by atoms with E-state index in [4.69, 9.17) is 4.74 Å². The van der Waals surface area contributed by atoms with Crippen molar-refractivity contribution < 1.29 is 19.6 Å². The quantitative estimate of drug-likeness (QED) is 0.377. The number of benzene rings is 2. The minimum absolute atomic E-state index is 0.00587. The van der Waals surface area contributed by atoms with Crippen molar-refractivity contribution in [2.24, 2.45) is 0 Å². The zero-order valence-electron chi connectivity index (χ0n) is 15.3. The summed E-state index contributed by atoms with van der Waals surface area (Å²) < 4.78 is 5.61. The maximum absolute atomic E-state index is 12.2. The zero-order chi connectivity index (χ0) is 19.6. The number of nitrogens with zero attached hydrogens (tertiary/aromatic N) is 1. The molecule has 0 aliphatic carbocycles. The minimum Gasteiger partial charge on any atom is -0.494 e. The highest BCUT2D eigenvalue weighted by atomic mass is 16.6. The van der Waals surface area contributed by atoms with Crippen LogP contribution in [0.4, 0.5) is 5.69 Å². The molecule has 2 aromatic carbocycles. The Hall–Kier alpha value is -2.93. The zero-order valence-corrected chi connectivity index (χ0v) is 15.3. The Morgan fingerprint density at radius 1 is 1.15 bits per heavy atom. The lowest BCUT2D eigenvalue weighted by atomic mass is 10.1. The minimum atomic E-state index is -0.948. The molecule has 0 saturated heterocycles. The average Bonchev–Trinajstić information content (AvgIpc) is 2.69. The molecule has 2 N–H and O–H groups in total. The first-order valence-electron chi connectivity index (χ1n) is 8.94. The largest absolute Gasteiger partial charge is 0.494 e. The van der Waals surface area contributed by atoms with Crippen LogP contribution in [-0.4, -0.2) is 29.1 Å². The van der Waals surface area contributed by atoms with E-state index in [2.05, 4.69) is 12.2 Å². The first-order valence-corrected chi connectivity index (χ1v) is 8.94. The number of aliphatic hydroxyl groups excluding tert-OH is 1. The second kappa shape index (κ2) is 10.3. The van der Waals surface area contributed by atoms with Crippen LogP contribution < -0.4 is 10.1 Å². The summed E-state index contributed by atoms with van der Waals surface area (Å²) in [4.78, 5) is 22.3. The van der Waals surface area contributed by atoms with E-state index in [0.29, 0.717) is 23.5 Å². The lowest BCUT2D eigenvalue weighted by Crippen LogP contribution is -2.28. The Morgan fingerprint density at radius 3 is 2.41 bits per heavy atom. The summed E-state index contributed by atoms with van der Waals surface area (Å²) in [7, 11) is 0. The molecule has 0 spiro atoms. The van der Waals surface area contributed by atoms with Gasteiger partial charge in [0.2, 0.25) is 0 Å². The van der Waals surface area contributed by atoms with E-state index in [1.54, 1.807) is 24.3 Å². The van der Waals surface area contributed by atoms with Crippen LogP contribution in [0.1, 0.15) is 48.2 Å². The number of nitrogens with one attached hydrogen (secondary N) is 1. The molecule has 0 bridgehead atoms. The van der Waals surface area contributed by atoms with Crippen molar-refractivity contribution >= 4 is 11.6 Å². The summed E-state index contributed by atoms with van der Waals surface area (Å²) in [5.74, 6) is 0.405. The van der Waals surface area contributed by atoms with Crippen molar-refractivity contribution in [2.45, 2.75) is 32.3 Å². The number of rotatable bonds is 10. The molecular formula is C20H24N2O5. The fraction of sp³-hybridized carbons (Fsp3) is 0.350. The van der Waals surface area contributed by atoms with Gasteiger partial charge in [0.05, 0.1) is 17.6 Å². The first kappa shape index (κ1) is 20.4. The molecule has 27 heavy (non-hydrogen) atoms. The first-order chi connectivity index (χ1) is 13.0. The third-order valence-corrected chi connectivity index (χ3v) is 4.08. The maximum atomic E-state index is 12.2. The van der Waals surface area contributed by atoms with Gasteiger partial charge in [-0.05, 0) is 48.4 Å². The molecule has 0 aliphatic heterocycles. The van der Waals surface area contributed by atoms with Gasteiger partial charge >= 0.3 is 0 Å². The molecule has 0 aromatic heterocycles. The monoisotopic (exact) mass is 372 g/mol. The summed E-state index contributed by atoms with van der Waals surface area (Å²) in [6.07, 6.45) is 2.31. The molecule has 144 valence electrons. The molecule has 1 unspecified atom stereocenters. The molecular weight excluding hydrogens is 348 g/mol. The van der Waals surface area contributed by atoms with Crippen LogP contribution in [-0.2, 0) is 0 Å². The summed E-state index contributed by atoms with van der Waals surface area (Å²) in [6.45, 7) is 2.79. The molecule has 0 aliphatic rings. The number of aliphatic hydroxyl groups is 1. The average molecular weight is 372 g/mol. The predicted octanol–water partition coefficient (Wildman–Crippen LogP) is 3.63. The summed E-state index contributed by atoms with van der Waals surface area (Å²) >= 11 is 0. The SMILES string of the molecule is CCCCCOc1ccc(C(=O)NCC(O)c2ccc([N+](=O)[O-])cc2)cc1. The van der Waals surface area contributed by atoms with Crippen molar-refractivity contribution in [1.82, 2.24) is 5.32 Å². The van der Waals surface area contributed by atoms with Gasteiger partial charge in [0, 0.05) is 24.2 Å². The topological polar surface area (TPSA) is 102 Å². The fourth-order valence-corrected chi connectivity index (χ4v) is 2.47. The van der Waals surface area contributed by atoms with Crippen LogP contribution in [0.25, 0.3) is 0 Å². The Kier molecular flexibility index (Phi) is 7.76. The van der Waals surface area contributed by atoms with Gasteiger partial charge in [-0.2, -0.15) is 0 Å². The Labute approximate surface area is 158 Å². The number of non-ortho nitro benzene ring substituents is 1. The number of ether oxygens (including phenoxy) is 1. The molecule has 7 nitrogen and oxygen atoms in total. The summed E-state index contributed by atoms with van der Waals surface area (Å²) in [6, 6.07) is 12.4. The number of nitro benzene ring substituents is 1. The van der Waals surface area contributed by atoms with Crippen molar-refractivity contribution in [3.8, 4) is 5.75 Å². The van der Waals surface area contributed by atoms with Gasteiger partial charge in [-0.1, -0.05) is 19.8 Å².